The number of fused-ring (bicyclic) bond motifs is 1. The van der Waals surface area contributed by atoms with Crippen molar-refractivity contribution in [2.24, 2.45) is 7.05 Å². The third-order valence-electron chi connectivity index (χ3n) is 3.03. The smallest absolute Gasteiger partial charge is 0.163 e. The van der Waals surface area contributed by atoms with E-state index in [1.165, 1.54) is 6.33 Å². The highest BCUT2D eigenvalue weighted by molar-refractivity contribution is 5.98. The molecule has 6 nitrogen and oxygen atoms in total. The molecule has 0 saturated heterocycles. The Kier molecular flexibility index (Phi) is 2.64. The Morgan fingerprint density at radius 3 is 2.95 bits per heavy atom. The van der Waals surface area contributed by atoms with Gasteiger partial charge in [0.25, 0.3) is 0 Å². The number of benzene rings is 1. The molecule has 0 aliphatic rings. The minimum atomic E-state index is -0.00934. The summed E-state index contributed by atoms with van der Waals surface area (Å²) in [5.41, 5.74) is 9.06. The predicted molar refractivity (Wildman–Crippen MR) is 72.1 cm³/mol. The number of nitrogens with zero attached hydrogens (tertiary/aromatic N) is 4. The molecule has 0 bridgehead atoms. The summed E-state index contributed by atoms with van der Waals surface area (Å²) in [4.78, 5) is 8.20. The van der Waals surface area contributed by atoms with Crippen LogP contribution >= 0.6 is 0 Å². The fourth-order valence-corrected chi connectivity index (χ4v) is 2.13. The van der Waals surface area contributed by atoms with Gasteiger partial charge in [0.05, 0.1) is 12.0 Å². The third-order valence-corrected chi connectivity index (χ3v) is 3.03. The highest BCUT2D eigenvalue weighted by Gasteiger charge is 2.15. The van der Waals surface area contributed by atoms with Gasteiger partial charge in [-0.3, -0.25) is 0 Å². The number of aromatic nitrogens is 4. The van der Waals surface area contributed by atoms with Gasteiger partial charge in [0, 0.05) is 12.6 Å². The van der Waals surface area contributed by atoms with Gasteiger partial charge >= 0.3 is 0 Å². The molecule has 2 heterocycles. The van der Waals surface area contributed by atoms with Crippen molar-refractivity contribution < 1.29 is 5.11 Å². The maximum atomic E-state index is 9.21. The molecule has 3 aromatic rings. The van der Waals surface area contributed by atoms with Crippen LogP contribution in [0.3, 0.4) is 0 Å². The van der Waals surface area contributed by atoms with Crippen molar-refractivity contribution >= 4 is 16.9 Å². The van der Waals surface area contributed by atoms with Gasteiger partial charge in [0.2, 0.25) is 0 Å². The van der Waals surface area contributed by atoms with Crippen LogP contribution in [0.2, 0.25) is 0 Å². The van der Waals surface area contributed by atoms with Gasteiger partial charge in [-0.15, -0.1) is 0 Å². The molecule has 3 N–H and O–H groups in total. The van der Waals surface area contributed by atoms with Crippen molar-refractivity contribution in [2.45, 2.75) is 6.61 Å². The van der Waals surface area contributed by atoms with Crippen molar-refractivity contribution in [3.8, 4) is 11.3 Å². The third kappa shape index (κ3) is 1.82. The molecule has 6 heteroatoms. The summed E-state index contributed by atoms with van der Waals surface area (Å²) in [6, 6.07) is 7.54. The lowest BCUT2D eigenvalue weighted by Crippen LogP contribution is -1.95. The predicted octanol–water partition coefficient (Wildman–Crippen LogP) is 1.10. The molecule has 0 saturated carbocycles. The minimum absolute atomic E-state index is 0.00934. The van der Waals surface area contributed by atoms with Gasteiger partial charge in [-0.25, -0.2) is 14.6 Å². The molecular weight excluding hydrogens is 242 g/mol. The van der Waals surface area contributed by atoms with Crippen LogP contribution < -0.4 is 5.73 Å². The molecule has 19 heavy (non-hydrogen) atoms. The Labute approximate surface area is 109 Å². The number of nitrogens with two attached hydrogens (primary N) is 1. The molecule has 0 unspecified atom stereocenters. The van der Waals surface area contributed by atoms with Crippen molar-refractivity contribution in [1.82, 2.24) is 19.7 Å². The maximum absolute atomic E-state index is 9.21. The normalized spacial score (nSPS) is 11.1. The lowest BCUT2D eigenvalue weighted by atomic mass is 10.1. The van der Waals surface area contributed by atoms with Crippen molar-refractivity contribution in [1.29, 1.82) is 0 Å². The van der Waals surface area contributed by atoms with E-state index < -0.39 is 0 Å². The van der Waals surface area contributed by atoms with E-state index in [0.717, 1.165) is 22.2 Å². The summed E-state index contributed by atoms with van der Waals surface area (Å²) < 4.78 is 1.67. The Hall–Kier alpha value is -2.47. The van der Waals surface area contributed by atoms with Crippen LogP contribution in [0.15, 0.2) is 30.6 Å². The largest absolute Gasteiger partial charge is 0.392 e. The number of hydrogen-bond donors (Lipinski definition) is 2. The number of rotatable bonds is 2. The summed E-state index contributed by atoms with van der Waals surface area (Å²) in [5.74, 6) is 0.405. The Morgan fingerprint density at radius 1 is 1.32 bits per heavy atom. The zero-order chi connectivity index (χ0) is 13.4. The lowest BCUT2D eigenvalue weighted by molar-refractivity contribution is 0.282. The second kappa shape index (κ2) is 4.33. The Bertz CT molecular complexity index is 750. The van der Waals surface area contributed by atoms with Gasteiger partial charge in [0.15, 0.2) is 5.65 Å². The topological polar surface area (TPSA) is 89.8 Å². The molecule has 0 radical (unpaired) electrons. The van der Waals surface area contributed by atoms with Crippen LogP contribution in [0, 0.1) is 0 Å². The van der Waals surface area contributed by atoms with Crippen molar-refractivity contribution in [3.05, 3.63) is 36.2 Å². The molecule has 0 atom stereocenters. The number of anilines is 1. The van der Waals surface area contributed by atoms with E-state index in [4.69, 9.17) is 5.73 Å². The number of nitrogen functional groups attached to an aromatic ring is 1. The molecule has 0 fully saturated rings. The van der Waals surface area contributed by atoms with E-state index in [2.05, 4.69) is 15.1 Å². The zero-order valence-electron chi connectivity index (χ0n) is 10.4. The number of aliphatic hydroxyl groups is 1. The molecule has 0 amide bonds. The van der Waals surface area contributed by atoms with Gasteiger partial charge in [0.1, 0.15) is 17.8 Å². The summed E-state index contributed by atoms with van der Waals surface area (Å²) >= 11 is 0. The quantitative estimate of drug-likeness (QED) is 0.715. The van der Waals surface area contributed by atoms with Crippen LogP contribution in [-0.4, -0.2) is 24.9 Å². The molecule has 0 spiro atoms. The van der Waals surface area contributed by atoms with E-state index in [9.17, 15) is 5.11 Å². The minimum Gasteiger partial charge on any atom is -0.392 e. The number of hydrogen-bond acceptors (Lipinski definition) is 5. The van der Waals surface area contributed by atoms with Crippen LogP contribution in [-0.2, 0) is 13.7 Å². The van der Waals surface area contributed by atoms with Gasteiger partial charge in [-0.05, 0) is 11.6 Å². The fraction of sp³-hybridized carbons (Fsp3) is 0.154. The van der Waals surface area contributed by atoms with Crippen molar-refractivity contribution in [3.63, 3.8) is 0 Å². The van der Waals surface area contributed by atoms with Gasteiger partial charge < -0.3 is 10.8 Å². The first-order valence-corrected chi connectivity index (χ1v) is 5.84. The second-order valence-electron chi connectivity index (χ2n) is 4.29. The molecule has 0 aliphatic heterocycles. The molecule has 3 rings (SSSR count). The first kappa shape index (κ1) is 11.6. The molecule has 0 aliphatic carbocycles. The first-order chi connectivity index (χ1) is 9.20. The van der Waals surface area contributed by atoms with E-state index in [0.29, 0.717) is 11.5 Å². The van der Waals surface area contributed by atoms with Gasteiger partial charge in [-0.2, -0.15) is 5.10 Å². The summed E-state index contributed by atoms with van der Waals surface area (Å²) in [5, 5.41) is 14.4. The molecular formula is C13H13N5O. The van der Waals surface area contributed by atoms with Crippen LogP contribution in [0.5, 0.6) is 0 Å². The number of aliphatic hydroxyl groups excluding tert-OH is 1. The van der Waals surface area contributed by atoms with E-state index in [-0.39, 0.29) is 6.61 Å². The van der Waals surface area contributed by atoms with E-state index >= 15 is 0 Å². The zero-order valence-corrected chi connectivity index (χ0v) is 10.4. The summed E-state index contributed by atoms with van der Waals surface area (Å²) in [7, 11) is 1.81. The Balaban J connectivity index is 2.30. The highest BCUT2D eigenvalue weighted by atomic mass is 16.3. The van der Waals surface area contributed by atoms with E-state index in [1.807, 2.05) is 31.3 Å². The fourth-order valence-electron chi connectivity index (χ4n) is 2.13. The SMILES string of the molecule is Cn1nc(-c2cccc(CO)c2)c2c(N)ncnc21. The highest BCUT2D eigenvalue weighted by Crippen LogP contribution is 2.29. The maximum Gasteiger partial charge on any atom is 0.163 e. The number of aryl methyl sites for hydroxylation is 1. The second-order valence-corrected chi connectivity index (χ2v) is 4.29. The average Bonchev–Trinajstić information content (AvgIpc) is 2.78. The first-order valence-electron chi connectivity index (χ1n) is 5.84. The van der Waals surface area contributed by atoms with Crippen LogP contribution in [0.25, 0.3) is 22.3 Å². The van der Waals surface area contributed by atoms with Gasteiger partial charge in [-0.1, -0.05) is 18.2 Å². The average molecular weight is 255 g/mol. The molecule has 2 aromatic heterocycles. The van der Waals surface area contributed by atoms with Crippen LogP contribution in [0.4, 0.5) is 5.82 Å². The van der Waals surface area contributed by atoms with Crippen molar-refractivity contribution in [2.75, 3.05) is 5.73 Å². The molecule has 96 valence electrons. The van der Waals surface area contributed by atoms with E-state index in [1.54, 1.807) is 4.68 Å². The summed E-state index contributed by atoms with van der Waals surface area (Å²) in [6.07, 6.45) is 1.42. The lowest BCUT2D eigenvalue weighted by Gasteiger charge is -2.01. The summed E-state index contributed by atoms with van der Waals surface area (Å²) in [6.45, 7) is -0.00934. The molecule has 1 aromatic carbocycles. The Morgan fingerprint density at radius 2 is 2.16 bits per heavy atom. The van der Waals surface area contributed by atoms with Crippen LogP contribution in [0.1, 0.15) is 5.56 Å². The standard InChI is InChI=1S/C13H13N5O/c1-18-13-10(12(14)15-7-16-13)11(17-18)9-4-2-3-8(5-9)6-19/h2-5,7,19H,6H2,1H3,(H2,14,15,16). The monoisotopic (exact) mass is 255 g/mol.